The summed E-state index contributed by atoms with van der Waals surface area (Å²) in [5.74, 6) is 3.72. The van der Waals surface area contributed by atoms with Crippen molar-refractivity contribution in [1.82, 2.24) is 10.2 Å². The number of hydrogen-bond acceptors (Lipinski definition) is 5. The molecule has 0 radical (unpaired) electrons. The van der Waals surface area contributed by atoms with Gasteiger partial charge in [0.1, 0.15) is 0 Å². The SMILES string of the molecule is NC1C2CCC(C2)C1C(=O)NCC1(N2CCOCC2)CCSC1. The molecule has 3 N–H and O–H groups in total. The first-order valence-corrected chi connectivity index (χ1v) is 10.3. The lowest BCUT2D eigenvalue weighted by molar-refractivity contribution is -0.127. The van der Waals surface area contributed by atoms with Gasteiger partial charge in [-0.1, -0.05) is 0 Å². The van der Waals surface area contributed by atoms with Crippen LogP contribution in [0.2, 0.25) is 0 Å². The number of nitrogens with zero attached hydrogens (tertiary/aromatic N) is 1. The molecule has 4 aliphatic rings. The second-order valence-electron chi connectivity index (χ2n) is 7.78. The Morgan fingerprint density at radius 3 is 2.74 bits per heavy atom. The topological polar surface area (TPSA) is 67.6 Å². The van der Waals surface area contributed by atoms with E-state index in [2.05, 4.69) is 10.2 Å². The number of nitrogens with two attached hydrogens (primary N) is 1. The van der Waals surface area contributed by atoms with Gasteiger partial charge in [0, 0.05) is 37.0 Å². The molecular weight excluding hydrogens is 310 g/mol. The molecule has 5 atom stereocenters. The van der Waals surface area contributed by atoms with Crippen molar-refractivity contribution in [3.63, 3.8) is 0 Å². The summed E-state index contributed by atoms with van der Waals surface area (Å²) >= 11 is 2.01. The predicted molar refractivity (Wildman–Crippen MR) is 92.4 cm³/mol. The summed E-state index contributed by atoms with van der Waals surface area (Å²) in [6.45, 7) is 4.39. The van der Waals surface area contributed by atoms with Crippen molar-refractivity contribution in [2.45, 2.75) is 37.3 Å². The molecule has 4 rings (SSSR count). The van der Waals surface area contributed by atoms with Crippen LogP contribution in [0.5, 0.6) is 0 Å². The Balaban J connectivity index is 1.39. The molecule has 0 spiro atoms. The Kier molecular flexibility index (Phi) is 4.60. The number of nitrogens with one attached hydrogen (secondary N) is 1. The van der Waals surface area contributed by atoms with Gasteiger partial charge in [0.15, 0.2) is 0 Å². The van der Waals surface area contributed by atoms with E-state index in [-0.39, 0.29) is 23.4 Å². The number of fused-ring (bicyclic) bond motifs is 2. The highest BCUT2D eigenvalue weighted by Gasteiger charge is 2.49. The fourth-order valence-corrected chi connectivity index (χ4v) is 6.71. The molecule has 1 amide bonds. The number of carbonyl (C=O) groups excluding carboxylic acids is 1. The first kappa shape index (κ1) is 16.2. The van der Waals surface area contributed by atoms with Gasteiger partial charge in [0.05, 0.1) is 19.1 Å². The lowest BCUT2D eigenvalue weighted by Crippen LogP contribution is -2.60. The van der Waals surface area contributed by atoms with Crippen LogP contribution >= 0.6 is 11.8 Å². The Morgan fingerprint density at radius 2 is 2.09 bits per heavy atom. The van der Waals surface area contributed by atoms with Gasteiger partial charge >= 0.3 is 0 Å². The maximum absolute atomic E-state index is 12.8. The quantitative estimate of drug-likeness (QED) is 0.789. The van der Waals surface area contributed by atoms with E-state index >= 15 is 0 Å². The second kappa shape index (κ2) is 6.54. The molecule has 2 saturated heterocycles. The van der Waals surface area contributed by atoms with Gasteiger partial charge in [0.2, 0.25) is 5.91 Å². The van der Waals surface area contributed by atoms with Gasteiger partial charge in [-0.25, -0.2) is 0 Å². The maximum Gasteiger partial charge on any atom is 0.225 e. The van der Waals surface area contributed by atoms with Gasteiger partial charge in [-0.05, 0) is 43.3 Å². The van der Waals surface area contributed by atoms with Crippen LogP contribution in [0.3, 0.4) is 0 Å². The van der Waals surface area contributed by atoms with Crippen molar-refractivity contribution in [3.8, 4) is 0 Å². The highest BCUT2D eigenvalue weighted by Crippen LogP contribution is 2.47. The molecule has 2 bridgehead atoms. The van der Waals surface area contributed by atoms with E-state index in [0.717, 1.165) is 38.6 Å². The molecule has 2 saturated carbocycles. The highest BCUT2D eigenvalue weighted by atomic mass is 32.2. The van der Waals surface area contributed by atoms with Gasteiger partial charge in [-0.2, -0.15) is 11.8 Å². The van der Waals surface area contributed by atoms with Crippen LogP contribution in [0.25, 0.3) is 0 Å². The molecule has 5 nitrogen and oxygen atoms in total. The summed E-state index contributed by atoms with van der Waals surface area (Å²) in [6.07, 6.45) is 4.76. The lowest BCUT2D eigenvalue weighted by atomic mass is 9.84. The Hall–Kier alpha value is -0.300. The third-order valence-electron chi connectivity index (χ3n) is 6.64. The van der Waals surface area contributed by atoms with Crippen LogP contribution in [-0.2, 0) is 9.53 Å². The fraction of sp³-hybridized carbons (Fsp3) is 0.941. The van der Waals surface area contributed by atoms with Crippen LogP contribution in [-0.4, -0.2) is 66.7 Å². The molecule has 2 heterocycles. The molecule has 23 heavy (non-hydrogen) atoms. The largest absolute Gasteiger partial charge is 0.379 e. The minimum Gasteiger partial charge on any atom is -0.379 e. The number of morpholine rings is 1. The number of hydrogen-bond donors (Lipinski definition) is 2. The summed E-state index contributed by atoms with van der Waals surface area (Å²) in [7, 11) is 0. The van der Waals surface area contributed by atoms with Crippen LogP contribution in [0, 0.1) is 17.8 Å². The van der Waals surface area contributed by atoms with Crippen LogP contribution in [0.4, 0.5) is 0 Å². The summed E-state index contributed by atoms with van der Waals surface area (Å²) in [6, 6.07) is 0.0889. The Bertz CT molecular complexity index is 447. The standard InChI is InChI=1S/C17H29N3O2S/c18-15-13-2-1-12(9-13)14(15)16(21)19-10-17(3-8-23-11-17)20-4-6-22-7-5-20/h12-15H,1-11,18H2,(H,19,21). The summed E-state index contributed by atoms with van der Waals surface area (Å²) < 4.78 is 5.51. The zero-order valence-electron chi connectivity index (χ0n) is 13.8. The van der Waals surface area contributed by atoms with Crippen molar-refractivity contribution >= 4 is 17.7 Å². The number of rotatable bonds is 4. The Labute approximate surface area is 143 Å². The first-order valence-electron chi connectivity index (χ1n) is 9.13. The molecule has 4 fully saturated rings. The van der Waals surface area contributed by atoms with Gasteiger partial charge < -0.3 is 15.8 Å². The monoisotopic (exact) mass is 339 g/mol. The normalized spacial score (nSPS) is 43.9. The van der Waals surface area contributed by atoms with Crippen molar-refractivity contribution < 1.29 is 9.53 Å². The van der Waals surface area contributed by atoms with E-state index < -0.39 is 0 Å². The third-order valence-corrected chi connectivity index (χ3v) is 7.87. The van der Waals surface area contributed by atoms with E-state index in [1.807, 2.05) is 11.8 Å². The number of thioether (sulfide) groups is 1. The van der Waals surface area contributed by atoms with Gasteiger partial charge in [-0.15, -0.1) is 0 Å². The molecule has 0 aromatic carbocycles. The average Bonchev–Trinajstić information content (AvgIpc) is 3.30. The first-order chi connectivity index (χ1) is 11.2. The van der Waals surface area contributed by atoms with Gasteiger partial charge in [0.25, 0.3) is 0 Å². The summed E-state index contributed by atoms with van der Waals surface area (Å²) in [5.41, 5.74) is 6.46. The Morgan fingerprint density at radius 1 is 1.30 bits per heavy atom. The highest BCUT2D eigenvalue weighted by molar-refractivity contribution is 7.99. The molecule has 2 aliphatic carbocycles. The summed E-state index contributed by atoms with van der Waals surface area (Å²) in [5, 5.41) is 3.31. The van der Waals surface area contributed by atoms with E-state index in [4.69, 9.17) is 10.5 Å². The molecule has 0 aromatic rings. The average molecular weight is 340 g/mol. The zero-order valence-corrected chi connectivity index (χ0v) is 14.7. The number of carbonyl (C=O) groups is 1. The minimum atomic E-state index is 0.0598. The molecular formula is C17H29N3O2S. The lowest BCUT2D eigenvalue weighted by Gasteiger charge is -2.43. The molecule has 130 valence electrons. The smallest absolute Gasteiger partial charge is 0.225 e. The van der Waals surface area contributed by atoms with Crippen LogP contribution in [0.15, 0.2) is 0 Å². The van der Waals surface area contributed by atoms with Crippen LogP contribution < -0.4 is 11.1 Å². The third kappa shape index (κ3) is 2.92. The summed E-state index contributed by atoms with van der Waals surface area (Å²) in [4.78, 5) is 15.3. The molecule has 6 heteroatoms. The zero-order chi connectivity index (χ0) is 15.9. The molecule has 5 unspecified atom stereocenters. The number of amides is 1. The van der Waals surface area contributed by atoms with Crippen molar-refractivity contribution in [1.29, 1.82) is 0 Å². The molecule has 0 aromatic heterocycles. The van der Waals surface area contributed by atoms with Crippen molar-refractivity contribution in [3.05, 3.63) is 0 Å². The maximum atomic E-state index is 12.8. The van der Waals surface area contributed by atoms with E-state index in [1.165, 1.54) is 31.4 Å². The van der Waals surface area contributed by atoms with Crippen molar-refractivity contribution in [2.75, 3.05) is 44.4 Å². The number of ether oxygens (including phenoxy) is 1. The van der Waals surface area contributed by atoms with E-state index in [9.17, 15) is 4.79 Å². The van der Waals surface area contributed by atoms with E-state index in [0.29, 0.717) is 11.8 Å². The second-order valence-corrected chi connectivity index (χ2v) is 8.89. The molecule has 2 aliphatic heterocycles. The van der Waals surface area contributed by atoms with E-state index in [1.54, 1.807) is 0 Å². The predicted octanol–water partition coefficient (Wildman–Crippen LogP) is 0.684. The van der Waals surface area contributed by atoms with Crippen molar-refractivity contribution in [2.24, 2.45) is 23.5 Å². The fourth-order valence-electron chi connectivity index (χ4n) is 5.23. The minimum absolute atomic E-state index is 0.0598. The van der Waals surface area contributed by atoms with Gasteiger partial charge in [-0.3, -0.25) is 9.69 Å². The van der Waals surface area contributed by atoms with Crippen LogP contribution in [0.1, 0.15) is 25.7 Å².